The molecule has 1 aromatic heterocycles. The van der Waals surface area contributed by atoms with Crippen molar-refractivity contribution in [2.24, 2.45) is 0 Å². The largest absolute Gasteiger partial charge is 0.486 e. The number of anilines is 1. The van der Waals surface area contributed by atoms with Crippen LogP contribution in [0.3, 0.4) is 0 Å². The number of carbonyl (C=O) groups excluding carboxylic acids is 1. The number of aromatic amines is 1. The number of likely N-dealkylation sites (tertiary alicyclic amines) is 1. The van der Waals surface area contributed by atoms with Crippen molar-refractivity contribution in [3.63, 3.8) is 0 Å². The summed E-state index contributed by atoms with van der Waals surface area (Å²) in [7, 11) is 0. The number of aromatic nitrogens is 1. The summed E-state index contributed by atoms with van der Waals surface area (Å²) < 4.78 is 11.3. The van der Waals surface area contributed by atoms with E-state index in [4.69, 9.17) is 21.1 Å². The van der Waals surface area contributed by atoms with Crippen LogP contribution in [0.1, 0.15) is 25.3 Å². The number of halogens is 1. The van der Waals surface area contributed by atoms with Gasteiger partial charge in [-0.3, -0.25) is 9.69 Å². The van der Waals surface area contributed by atoms with Gasteiger partial charge in [-0.25, -0.2) is 4.79 Å². The first-order chi connectivity index (χ1) is 17.0. The lowest BCUT2D eigenvalue weighted by molar-refractivity contribution is 0.172. The van der Waals surface area contributed by atoms with E-state index in [0.29, 0.717) is 53.0 Å². The highest BCUT2D eigenvalue weighted by Crippen LogP contribution is 2.34. The molecule has 1 atom stereocenters. The van der Waals surface area contributed by atoms with Gasteiger partial charge < -0.3 is 24.7 Å². The lowest BCUT2D eigenvalue weighted by Crippen LogP contribution is -2.45. The Hall–Kier alpha value is -3.23. The standard InChI is InChI=1S/C26H29ClN4O4/c1-2-30-9-5-6-19(30)16-31(26(33)29-21-8-4-3-7-20(21)27)15-18-12-17-13-23-24(35-11-10-34-23)14-22(17)28-25(18)32/h3-4,7-8,12-14,19H,2,5-6,9-11,15-16H2,1H3,(H,28,32)(H,29,33). The van der Waals surface area contributed by atoms with Crippen LogP contribution >= 0.6 is 11.6 Å². The number of pyridine rings is 1. The Kier molecular flexibility index (Phi) is 6.83. The molecule has 9 heteroatoms. The second kappa shape index (κ2) is 10.2. The maximum absolute atomic E-state index is 13.4. The highest BCUT2D eigenvalue weighted by molar-refractivity contribution is 6.33. The van der Waals surface area contributed by atoms with Gasteiger partial charge in [-0.1, -0.05) is 30.7 Å². The Labute approximate surface area is 208 Å². The van der Waals surface area contributed by atoms with E-state index < -0.39 is 0 Å². The van der Waals surface area contributed by atoms with E-state index >= 15 is 0 Å². The second-order valence-electron chi connectivity index (χ2n) is 8.92. The van der Waals surface area contributed by atoms with Gasteiger partial charge in [0.1, 0.15) is 13.2 Å². The zero-order valence-corrected chi connectivity index (χ0v) is 20.4. The van der Waals surface area contributed by atoms with Crippen molar-refractivity contribution < 1.29 is 14.3 Å². The number of hydrogen-bond donors (Lipinski definition) is 2. The zero-order chi connectivity index (χ0) is 24.4. The van der Waals surface area contributed by atoms with Crippen LogP contribution in [0, 0.1) is 0 Å². The molecule has 1 unspecified atom stereocenters. The van der Waals surface area contributed by atoms with E-state index in [1.54, 1.807) is 23.1 Å². The molecule has 3 heterocycles. The molecule has 0 saturated carbocycles. The Morgan fingerprint density at radius 3 is 2.74 bits per heavy atom. The number of hydrogen-bond acceptors (Lipinski definition) is 5. The Morgan fingerprint density at radius 1 is 1.20 bits per heavy atom. The first kappa shape index (κ1) is 23.5. The zero-order valence-electron chi connectivity index (χ0n) is 19.7. The van der Waals surface area contributed by atoms with Gasteiger partial charge in [-0.05, 0) is 50.2 Å². The van der Waals surface area contributed by atoms with Gasteiger partial charge in [0, 0.05) is 29.6 Å². The molecule has 3 aromatic rings. The molecule has 184 valence electrons. The summed E-state index contributed by atoms with van der Waals surface area (Å²) >= 11 is 6.28. The fraction of sp³-hybridized carbons (Fsp3) is 0.385. The van der Waals surface area contributed by atoms with Gasteiger partial charge in [0.2, 0.25) is 0 Å². The van der Waals surface area contributed by atoms with E-state index in [1.807, 2.05) is 24.3 Å². The average Bonchev–Trinajstić information content (AvgIpc) is 3.31. The summed E-state index contributed by atoms with van der Waals surface area (Å²) in [4.78, 5) is 33.4. The summed E-state index contributed by atoms with van der Waals surface area (Å²) in [5, 5.41) is 4.21. The van der Waals surface area contributed by atoms with Crippen LogP contribution in [0.4, 0.5) is 10.5 Å². The first-order valence-electron chi connectivity index (χ1n) is 12.0. The number of carbonyl (C=O) groups is 1. The number of rotatable bonds is 6. The molecule has 0 radical (unpaired) electrons. The SMILES string of the molecule is CCN1CCCC1CN(Cc1cc2cc3c(cc2[nH]c1=O)OCCO3)C(=O)Nc1ccccc1Cl. The van der Waals surface area contributed by atoms with Crippen LogP contribution in [0.2, 0.25) is 5.02 Å². The molecule has 2 aliphatic rings. The molecule has 0 aliphatic carbocycles. The van der Waals surface area contributed by atoms with E-state index in [0.717, 1.165) is 31.3 Å². The van der Waals surface area contributed by atoms with Crippen molar-refractivity contribution >= 4 is 34.2 Å². The molecule has 1 saturated heterocycles. The van der Waals surface area contributed by atoms with E-state index in [-0.39, 0.29) is 24.2 Å². The third-order valence-electron chi connectivity index (χ3n) is 6.68. The quantitative estimate of drug-likeness (QED) is 0.525. The highest BCUT2D eigenvalue weighted by atomic mass is 35.5. The van der Waals surface area contributed by atoms with Crippen LogP contribution in [-0.2, 0) is 6.54 Å². The van der Waals surface area contributed by atoms with Crippen molar-refractivity contribution in [2.45, 2.75) is 32.4 Å². The molecular formula is C26H29ClN4O4. The number of urea groups is 1. The minimum Gasteiger partial charge on any atom is -0.486 e. The van der Waals surface area contributed by atoms with Crippen molar-refractivity contribution in [1.29, 1.82) is 0 Å². The van der Waals surface area contributed by atoms with Crippen LogP contribution in [0.5, 0.6) is 11.5 Å². The second-order valence-corrected chi connectivity index (χ2v) is 9.33. The molecule has 0 spiro atoms. The number of fused-ring (bicyclic) bond motifs is 2. The number of nitrogens with zero attached hydrogens (tertiary/aromatic N) is 2. The normalized spacial score (nSPS) is 17.5. The number of ether oxygens (including phenoxy) is 2. The van der Waals surface area contributed by atoms with Gasteiger partial charge >= 0.3 is 6.03 Å². The molecule has 1 fully saturated rings. The molecule has 8 nitrogen and oxygen atoms in total. The van der Waals surface area contributed by atoms with Crippen molar-refractivity contribution in [3.8, 4) is 11.5 Å². The van der Waals surface area contributed by atoms with E-state index in [9.17, 15) is 9.59 Å². The number of likely N-dealkylation sites (N-methyl/N-ethyl adjacent to an activating group) is 1. The predicted octanol–water partition coefficient (Wildman–Crippen LogP) is 4.47. The van der Waals surface area contributed by atoms with E-state index in [1.165, 1.54) is 0 Å². The van der Waals surface area contributed by atoms with E-state index in [2.05, 4.69) is 22.1 Å². The summed E-state index contributed by atoms with van der Waals surface area (Å²) in [6.07, 6.45) is 2.11. The molecular weight excluding hydrogens is 468 g/mol. The Balaban J connectivity index is 1.45. The number of H-pyrrole nitrogens is 1. The van der Waals surface area contributed by atoms with Gasteiger partial charge in [0.05, 0.1) is 22.8 Å². The van der Waals surface area contributed by atoms with Crippen molar-refractivity contribution in [1.82, 2.24) is 14.8 Å². The van der Waals surface area contributed by atoms with Gasteiger partial charge in [-0.2, -0.15) is 0 Å². The molecule has 2 aromatic carbocycles. The predicted molar refractivity (Wildman–Crippen MR) is 137 cm³/mol. The van der Waals surface area contributed by atoms with Gasteiger partial charge in [-0.15, -0.1) is 0 Å². The number of para-hydroxylation sites is 1. The fourth-order valence-electron chi connectivity index (χ4n) is 4.86. The van der Waals surface area contributed by atoms with Gasteiger partial charge in [0.25, 0.3) is 5.56 Å². The maximum Gasteiger partial charge on any atom is 0.322 e. The third-order valence-corrected chi connectivity index (χ3v) is 7.01. The summed E-state index contributed by atoms with van der Waals surface area (Å²) in [6.45, 7) is 5.73. The molecule has 2 N–H and O–H groups in total. The van der Waals surface area contributed by atoms with Crippen LogP contribution in [0.25, 0.3) is 10.9 Å². The molecule has 35 heavy (non-hydrogen) atoms. The lowest BCUT2D eigenvalue weighted by atomic mass is 10.1. The van der Waals surface area contributed by atoms with Crippen LogP contribution in [0.15, 0.2) is 47.3 Å². The monoisotopic (exact) mass is 496 g/mol. The topological polar surface area (TPSA) is 86.9 Å². The van der Waals surface area contributed by atoms with Crippen LogP contribution < -0.4 is 20.3 Å². The minimum absolute atomic E-state index is 0.171. The Morgan fingerprint density at radius 2 is 1.97 bits per heavy atom. The average molecular weight is 497 g/mol. The van der Waals surface area contributed by atoms with Crippen LogP contribution in [-0.4, -0.2) is 59.7 Å². The molecule has 5 rings (SSSR count). The number of amides is 2. The lowest BCUT2D eigenvalue weighted by Gasteiger charge is -2.30. The van der Waals surface area contributed by atoms with Crippen molar-refractivity contribution in [2.75, 3.05) is 38.2 Å². The fourth-order valence-corrected chi connectivity index (χ4v) is 5.04. The summed E-state index contributed by atoms with van der Waals surface area (Å²) in [5.41, 5.74) is 1.48. The van der Waals surface area contributed by atoms with Crippen molar-refractivity contribution in [3.05, 3.63) is 63.4 Å². The molecule has 2 amide bonds. The summed E-state index contributed by atoms with van der Waals surface area (Å²) in [5.74, 6) is 1.27. The third kappa shape index (κ3) is 5.09. The number of benzene rings is 2. The highest BCUT2D eigenvalue weighted by Gasteiger charge is 2.28. The Bertz CT molecular complexity index is 1290. The first-order valence-corrected chi connectivity index (χ1v) is 12.4. The smallest absolute Gasteiger partial charge is 0.322 e. The molecule has 2 aliphatic heterocycles. The molecule has 0 bridgehead atoms. The van der Waals surface area contributed by atoms with Gasteiger partial charge in [0.15, 0.2) is 11.5 Å². The maximum atomic E-state index is 13.4. The number of nitrogens with one attached hydrogen (secondary N) is 2. The summed E-state index contributed by atoms with van der Waals surface area (Å²) in [6, 6.07) is 12.6. The minimum atomic E-state index is -0.289.